The molecule has 1 fully saturated rings. The van der Waals surface area contributed by atoms with Crippen LogP contribution in [0.25, 0.3) is 11.1 Å². The molecular weight excluding hydrogens is 454 g/mol. The number of amides is 1. The number of rotatable bonds is 10. The number of hydrogen-bond donors (Lipinski definition) is 2. The van der Waals surface area contributed by atoms with Crippen LogP contribution < -0.4 is 5.32 Å². The van der Waals surface area contributed by atoms with Gasteiger partial charge in [0, 0.05) is 12.3 Å². The first-order valence-corrected chi connectivity index (χ1v) is 11.4. The van der Waals surface area contributed by atoms with Crippen molar-refractivity contribution in [3.8, 4) is 11.1 Å². The molecule has 9 nitrogen and oxygen atoms in total. The summed E-state index contributed by atoms with van der Waals surface area (Å²) in [6.07, 6.45) is -0.901. The molecule has 4 rings (SSSR count). The molecule has 1 amide bonds. The number of aliphatic carboxylic acids is 1. The van der Waals surface area contributed by atoms with E-state index < -0.39 is 36.5 Å². The molecule has 2 aliphatic rings. The van der Waals surface area contributed by atoms with Gasteiger partial charge in [0.15, 0.2) is 12.4 Å². The SMILES string of the molecule is C=CCOC(=O)[C@H](CCC1OC[C@@H](C(=O)O)O1)NC(=O)OCC1c2ccccc2-c2ccccc21. The molecule has 0 saturated carbocycles. The quantitative estimate of drug-likeness (QED) is 0.392. The zero-order valence-electron chi connectivity index (χ0n) is 19.1. The summed E-state index contributed by atoms with van der Waals surface area (Å²) in [5.41, 5.74) is 4.37. The lowest BCUT2D eigenvalue weighted by molar-refractivity contribution is -0.152. The van der Waals surface area contributed by atoms with Crippen molar-refractivity contribution < 1.29 is 38.4 Å². The molecule has 2 aromatic rings. The second-order valence-corrected chi connectivity index (χ2v) is 8.24. The van der Waals surface area contributed by atoms with Crippen LogP contribution in [0, 0.1) is 0 Å². The summed E-state index contributed by atoms with van der Waals surface area (Å²) in [4.78, 5) is 36.2. The van der Waals surface area contributed by atoms with Gasteiger partial charge in [-0.2, -0.15) is 0 Å². The molecule has 9 heteroatoms. The first-order valence-electron chi connectivity index (χ1n) is 11.4. The fourth-order valence-corrected chi connectivity index (χ4v) is 4.31. The van der Waals surface area contributed by atoms with Gasteiger partial charge >= 0.3 is 18.0 Å². The van der Waals surface area contributed by atoms with Crippen molar-refractivity contribution >= 4 is 18.0 Å². The van der Waals surface area contributed by atoms with Crippen LogP contribution >= 0.6 is 0 Å². The molecule has 184 valence electrons. The predicted octanol–water partition coefficient (Wildman–Crippen LogP) is 3.23. The molecule has 35 heavy (non-hydrogen) atoms. The van der Waals surface area contributed by atoms with Crippen LogP contribution in [0.3, 0.4) is 0 Å². The van der Waals surface area contributed by atoms with Gasteiger partial charge in [-0.1, -0.05) is 61.2 Å². The van der Waals surface area contributed by atoms with Gasteiger partial charge in [-0.25, -0.2) is 14.4 Å². The molecule has 2 aromatic carbocycles. The largest absolute Gasteiger partial charge is 0.479 e. The third-order valence-electron chi connectivity index (χ3n) is 5.98. The van der Waals surface area contributed by atoms with E-state index in [1.165, 1.54) is 6.08 Å². The number of fused-ring (bicyclic) bond motifs is 3. The Morgan fingerprint density at radius 2 is 1.74 bits per heavy atom. The predicted molar refractivity (Wildman–Crippen MR) is 125 cm³/mol. The average Bonchev–Trinajstić information content (AvgIpc) is 3.47. The monoisotopic (exact) mass is 481 g/mol. The number of carbonyl (C=O) groups excluding carboxylic acids is 2. The maximum atomic E-state index is 12.6. The van der Waals surface area contributed by atoms with E-state index >= 15 is 0 Å². The van der Waals surface area contributed by atoms with Crippen LogP contribution in [-0.2, 0) is 28.5 Å². The standard InChI is InChI=1S/C26H27NO8/c1-2-13-32-25(30)21(11-12-23-33-15-22(35-23)24(28)29)27-26(31)34-14-20-18-9-5-3-7-16(18)17-8-4-6-10-19(17)20/h2-10,20-23H,1,11-15H2,(H,27,31)(H,28,29)/t21-,22-,23?/m0/s1. The Morgan fingerprint density at radius 1 is 1.09 bits per heavy atom. The lowest BCUT2D eigenvalue weighted by atomic mass is 9.98. The number of carboxylic acid groups (broad SMARTS) is 1. The highest BCUT2D eigenvalue weighted by molar-refractivity contribution is 5.82. The third-order valence-corrected chi connectivity index (χ3v) is 5.98. The van der Waals surface area contributed by atoms with E-state index in [0.717, 1.165) is 22.3 Å². The Kier molecular flexibility index (Phi) is 7.79. The molecule has 3 atom stereocenters. The highest BCUT2D eigenvalue weighted by Crippen LogP contribution is 2.44. The van der Waals surface area contributed by atoms with E-state index in [1.807, 2.05) is 48.5 Å². The number of hydrogen-bond acceptors (Lipinski definition) is 7. The summed E-state index contributed by atoms with van der Waals surface area (Å²) < 4.78 is 21.2. The normalized spacial score (nSPS) is 19.3. The molecule has 0 aromatic heterocycles. The van der Waals surface area contributed by atoms with Crippen LogP contribution in [0.2, 0.25) is 0 Å². The van der Waals surface area contributed by atoms with Crippen molar-refractivity contribution in [1.82, 2.24) is 5.32 Å². The fraction of sp³-hybridized carbons (Fsp3) is 0.346. The smallest absolute Gasteiger partial charge is 0.407 e. The van der Waals surface area contributed by atoms with Crippen LogP contribution in [0.4, 0.5) is 4.79 Å². The number of alkyl carbamates (subject to hydrolysis) is 1. The molecule has 1 heterocycles. The minimum Gasteiger partial charge on any atom is -0.479 e. The minimum atomic E-state index is -1.12. The molecule has 0 bridgehead atoms. The molecule has 0 radical (unpaired) electrons. The molecule has 1 unspecified atom stereocenters. The average molecular weight is 482 g/mol. The number of benzene rings is 2. The molecule has 1 aliphatic carbocycles. The number of carbonyl (C=O) groups is 3. The lowest BCUT2D eigenvalue weighted by Gasteiger charge is -2.20. The molecule has 0 spiro atoms. The maximum absolute atomic E-state index is 12.6. The zero-order valence-corrected chi connectivity index (χ0v) is 19.1. The van der Waals surface area contributed by atoms with Crippen LogP contribution in [-0.4, -0.2) is 61.4 Å². The van der Waals surface area contributed by atoms with E-state index in [2.05, 4.69) is 11.9 Å². The van der Waals surface area contributed by atoms with Gasteiger partial charge in [0.2, 0.25) is 0 Å². The Labute approximate surface area is 202 Å². The second-order valence-electron chi connectivity index (χ2n) is 8.24. The van der Waals surface area contributed by atoms with Gasteiger partial charge in [0.1, 0.15) is 19.3 Å². The number of nitrogens with one attached hydrogen (secondary N) is 1. The second kappa shape index (κ2) is 11.2. The van der Waals surface area contributed by atoms with Crippen molar-refractivity contribution in [1.29, 1.82) is 0 Å². The van der Waals surface area contributed by atoms with E-state index in [-0.39, 0.29) is 38.6 Å². The van der Waals surface area contributed by atoms with E-state index in [4.69, 9.17) is 24.1 Å². The summed E-state index contributed by atoms with van der Waals surface area (Å²) in [5.74, 6) is -1.90. The van der Waals surface area contributed by atoms with Crippen molar-refractivity contribution in [2.24, 2.45) is 0 Å². The molecular formula is C26H27NO8. The van der Waals surface area contributed by atoms with Gasteiger partial charge in [-0.15, -0.1) is 0 Å². The van der Waals surface area contributed by atoms with E-state index in [0.29, 0.717) is 0 Å². The van der Waals surface area contributed by atoms with Gasteiger partial charge in [0.25, 0.3) is 0 Å². The summed E-state index contributed by atoms with van der Waals surface area (Å²) in [6.45, 7) is 3.52. The first kappa shape index (κ1) is 24.4. The highest BCUT2D eigenvalue weighted by atomic mass is 16.7. The Bertz CT molecular complexity index is 1050. The van der Waals surface area contributed by atoms with Crippen molar-refractivity contribution in [2.75, 3.05) is 19.8 Å². The van der Waals surface area contributed by atoms with E-state index in [9.17, 15) is 14.4 Å². The number of esters is 1. The van der Waals surface area contributed by atoms with Crippen molar-refractivity contribution in [3.05, 3.63) is 72.3 Å². The molecule has 1 saturated heterocycles. The Morgan fingerprint density at radius 3 is 2.34 bits per heavy atom. The highest BCUT2D eigenvalue weighted by Gasteiger charge is 2.34. The fourth-order valence-electron chi connectivity index (χ4n) is 4.31. The third kappa shape index (κ3) is 5.70. The lowest BCUT2D eigenvalue weighted by Crippen LogP contribution is -2.43. The van der Waals surface area contributed by atoms with Crippen molar-refractivity contribution in [3.63, 3.8) is 0 Å². The first-order chi connectivity index (χ1) is 17.0. The summed E-state index contributed by atoms with van der Waals surface area (Å²) in [7, 11) is 0. The topological polar surface area (TPSA) is 120 Å². The number of carboxylic acids is 1. The van der Waals surface area contributed by atoms with Gasteiger partial charge in [0.05, 0.1) is 6.61 Å². The zero-order chi connectivity index (χ0) is 24.8. The maximum Gasteiger partial charge on any atom is 0.407 e. The van der Waals surface area contributed by atoms with Gasteiger partial charge in [-0.05, 0) is 28.7 Å². The van der Waals surface area contributed by atoms with Crippen LogP contribution in [0.15, 0.2) is 61.2 Å². The minimum absolute atomic E-state index is 0.0147. The van der Waals surface area contributed by atoms with Crippen LogP contribution in [0.5, 0.6) is 0 Å². The van der Waals surface area contributed by atoms with Crippen LogP contribution in [0.1, 0.15) is 29.9 Å². The van der Waals surface area contributed by atoms with E-state index in [1.54, 1.807) is 0 Å². The molecule has 2 N–H and O–H groups in total. The summed E-state index contributed by atoms with van der Waals surface area (Å²) >= 11 is 0. The van der Waals surface area contributed by atoms with Crippen molar-refractivity contribution in [2.45, 2.75) is 37.2 Å². The Hall–Kier alpha value is -3.69. The Balaban J connectivity index is 1.36. The van der Waals surface area contributed by atoms with Gasteiger partial charge < -0.3 is 29.4 Å². The number of ether oxygens (including phenoxy) is 4. The summed E-state index contributed by atoms with van der Waals surface area (Å²) in [5, 5.41) is 11.6. The summed E-state index contributed by atoms with van der Waals surface area (Å²) in [6, 6.07) is 14.9. The van der Waals surface area contributed by atoms with Gasteiger partial charge in [-0.3, -0.25) is 0 Å². The molecule has 1 aliphatic heterocycles.